The number of nitrogens with zero attached hydrogens (tertiary/aromatic N) is 3. The van der Waals surface area contributed by atoms with Gasteiger partial charge in [0.1, 0.15) is 18.0 Å². The predicted octanol–water partition coefficient (Wildman–Crippen LogP) is 5.28. The van der Waals surface area contributed by atoms with Crippen LogP contribution in [0.5, 0.6) is 0 Å². The Morgan fingerprint density at radius 3 is 2.13 bits per heavy atom. The van der Waals surface area contributed by atoms with Crippen LogP contribution in [0.15, 0.2) is 47.6 Å². The lowest BCUT2D eigenvalue weighted by molar-refractivity contribution is -0.298. The number of ether oxygens (including phenoxy) is 3. The zero-order chi connectivity index (χ0) is 28.3. The number of alkyl halides is 6. The lowest BCUT2D eigenvalue weighted by atomic mass is 9.96. The zero-order valence-corrected chi connectivity index (χ0v) is 19.5. The van der Waals surface area contributed by atoms with E-state index in [9.17, 15) is 40.9 Å². The second kappa shape index (κ2) is 11.8. The molecule has 38 heavy (non-hydrogen) atoms. The highest BCUT2D eigenvalue weighted by Gasteiger charge is 2.47. The molecular formula is C23H22F7N3O5. The molecule has 0 unspecified atom stereocenters. The molecular weight excluding hydrogens is 531 g/mol. The minimum atomic E-state index is -5.09. The van der Waals surface area contributed by atoms with E-state index in [0.717, 1.165) is 19.1 Å². The summed E-state index contributed by atoms with van der Waals surface area (Å²) in [5.74, 6) is -0.530. The van der Waals surface area contributed by atoms with Gasteiger partial charge in [-0.25, -0.2) is 4.39 Å². The normalized spacial score (nSPS) is 25.1. The molecule has 1 fully saturated rings. The van der Waals surface area contributed by atoms with Gasteiger partial charge in [-0.1, -0.05) is 17.2 Å². The van der Waals surface area contributed by atoms with Crippen LogP contribution < -0.4 is 0 Å². The van der Waals surface area contributed by atoms with E-state index in [-0.39, 0.29) is 12.7 Å². The Kier molecular flexibility index (Phi) is 9.23. The largest absolute Gasteiger partial charge is 0.416 e. The van der Waals surface area contributed by atoms with Gasteiger partial charge in [-0.05, 0) is 53.9 Å². The Hall–Kier alpha value is -2.94. The molecule has 0 saturated carbocycles. The Labute approximate surface area is 211 Å². The maximum absolute atomic E-state index is 13.3. The van der Waals surface area contributed by atoms with Gasteiger partial charge in [0.15, 0.2) is 6.29 Å². The fourth-order valence-electron chi connectivity index (χ4n) is 3.80. The van der Waals surface area contributed by atoms with Crippen molar-refractivity contribution in [1.29, 1.82) is 0 Å². The quantitative estimate of drug-likeness (QED) is 0.200. The molecule has 208 valence electrons. The average Bonchev–Trinajstić information content (AvgIpc) is 2.85. The van der Waals surface area contributed by atoms with Crippen molar-refractivity contribution in [2.24, 2.45) is 5.11 Å². The van der Waals surface area contributed by atoms with Crippen molar-refractivity contribution in [3.8, 4) is 0 Å². The third-order valence-electron chi connectivity index (χ3n) is 5.78. The lowest BCUT2D eigenvalue weighted by Crippen LogP contribution is -2.59. The van der Waals surface area contributed by atoms with Crippen molar-refractivity contribution >= 4 is 0 Å². The molecule has 1 aliphatic rings. The van der Waals surface area contributed by atoms with E-state index in [4.69, 9.17) is 19.7 Å². The van der Waals surface area contributed by atoms with Crippen LogP contribution in [0.25, 0.3) is 10.4 Å². The number of azide groups is 1. The molecule has 0 spiro atoms. The molecule has 15 heteroatoms. The first-order valence-electron chi connectivity index (χ1n) is 11.0. The molecule has 0 aliphatic carbocycles. The summed E-state index contributed by atoms with van der Waals surface area (Å²) in [7, 11) is 0. The van der Waals surface area contributed by atoms with Crippen LogP contribution in [0.3, 0.4) is 0 Å². The molecule has 2 aromatic carbocycles. The van der Waals surface area contributed by atoms with E-state index in [0.29, 0.717) is 17.7 Å². The van der Waals surface area contributed by atoms with Gasteiger partial charge < -0.3 is 24.4 Å². The maximum Gasteiger partial charge on any atom is 0.416 e. The van der Waals surface area contributed by atoms with Crippen molar-refractivity contribution in [3.63, 3.8) is 0 Å². The van der Waals surface area contributed by atoms with Gasteiger partial charge in [-0.3, -0.25) is 0 Å². The summed E-state index contributed by atoms with van der Waals surface area (Å²) in [4.78, 5) is 2.64. The summed E-state index contributed by atoms with van der Waals surface area (Å²) in [6.07, 6.45) is -17.7. The Morgan fingerprint density at radius 2 is 1.63 bits per heavy atom. The van der Waals surface area contributed by atoms with Gasteiger partial charge in [0.2, 0.25) is 0 Å². The van der Waals surface area contributed by atoms with Crippen LogP contribution in [0.2, 0.25) is 0 Å². The number of rotatable bonds is 8. The topological polar surface area (TPSA) is 117 Å². The van der Waals surface area contributed by atoms with E-state index in [1.54, 1.807) is 0 Å². The predicted molar refractivity (Wildman–Crippen MR) is 116 cm³/mol. The van der Waals surface area contributed by atoms with E-state index < -0.39 is 78.2 Å². The highest BCUT2D eigenvalue weighted by Crippen LogP contribution is 2.39. The monoisotopic (exact) mass is 553 g/mol. The molecule has 6 atom stereocenters. The van der Waals surface area contributed by atoms with Crippen LogP contribution in [0.4, 0.5) is 30.7 Å². The van der Waals surface area contributed by atoms with Crippen LogP contribution in [0, 0.1) is 5.82 Å². The van der Waals surface area contributed by atoms with Gasteiger partial charge >= 0.3 is 12.4 Å². The number of hydrogen-bond acceptors (Lipinski definition) is 6. The molecule has 0 radical (unpaired) electrons. The van der Waals surface area contributed by atoms with Crippen molar-refractivity contribution in [2.75, 3.05) is 6.61 Å². The van der Waals surface area contributed by atoms with Crippen LogP contribution >= 0.6 is 0 Å². The third kappa shape index (κ3) is 7.12. The minimum absolute atomic E-state index is 0.0300. The molecule has 3 rings (SSSR count). The first kappa shape index (κ1) is 29.6. The second-order valence-corrected chi connectivity index (χ2v) is 8.43. The summed E-state index contributed by atoms with van der Waals surface area (Å²) in [5, 5.41) is 23.6. The van der Waals surface area contributed by atoms with Gasteiger partial charge in [-0.15, -0.1) is 0 Å². The van der Waals surface area contributed by atoms with E-state index >= 15 is 0 Å². The molecule has 0 bridgehead atoms. The van der Waals surface area contributed by atoms with E-state index in [2.05, 4.69) is 10.0 Å². The van der Waals surface area contributed by atoms with Crippen LogP contribution in [-0.2, 0) is 33.2 Å². The summed E-state index contributed by atoms with van der Waals surface area (Å²) in [6.45, 7) is 0.120. The number of hydrogen-bond donors (Lipinski definition) is 2. The van der Waals surface area contributed by atoms with Crippen molar-refractivity contribution in [2.45, 2.75) is 62.6 Å². The van der Waals surface area contributed by atoms with Gasteiger partial charge in [0, 0.05) is 4.91 Å². The molecule has 1 saturated heterocycles. The van der Waals surface area contributed by atoms with Crippen molar-refractivity contribution in [1.82, 2.24) is 0 Å². The van der Waals surface area contributed by atoms with E-state index in [1.165, 1.54) is 12.1 Å². The van der Waals surface area contributed by atoms with E-state index in [1.807, 2.05) is 0 Å². The van der Waals surface area contributed by atoms with Crippen molar-refractivity contribution < 1.29 is 55.2 Å². The first-order chi connectivity index (χ1) is 17.7. The molecule has 1 aliphatic heterocycles. The van der Waals surface area contributed by atoms with Gasteiger partial charge in [0.25, 0.3) is 0 Å². The summed E-state index contributed by atoms with van der Waals surface area (Å²) >= 11 is 0. The highest BCUT2D eigenvalue weighted by molar-refractivity contribution is 5.34. The molecule has 0 amide bonds. The average molecular weight is 553 g/mol. The van der Waals surface area contributed by atoms with Gasteiger partial charge in [0.05, 0.1) is 42.6 Å². The Balaban J connectivity index is 1.94. The molecule has 2 aromatic rings. The summed E-state index contributed by atoms with van der Waals surface area (Å²) in [6, 6.07) is 4.52. The fourth-order valence-corrected chi connectivity index (χ4v) is 3.80. The number of benzene rings is 2. The molecule has 8 nitrogen and oxygen atoms in total. The number of aliphatic hydroxyl groups excluding tert-OH is 2. The summed E-state index contributed by atoms with van der Waals surface area (Å²) < 4.78 is 110. The maximum atomic E-state index is 13.3. The standard InChI is InChI=1S/C23H22F7N3O5/c1-11(13-6-14(22(25,26)27)8-15(7-13)23(28,29)30)37-21-20(36-10-12-2-4-16(24)5-3-12)18(32-33-31)19(35)17(9-34)38-21/h2-8,11,17-21,34-35H,9-10H2,1H3/t11-,17-,18+,19-,20-,21-/m1/s1. The summed E-state index contributed by atoms with van der Waals surface area (Å²) in [5.41, 5.74) is 5.81. The molecule has 2 N–H and O–H groups in total. The van der Waals surface area contributed by atoms with Gasteiger partial charge in [-0.2, -0.15) is 26.3 Å². The Morgan fingerprint density at radius 1 is 1.05 bits per heavy atom. The fraction of sp³-hybridized carbons (Fsp3) is 0.478. The minimum Gasteiger partial charge on any atom is -0.394 e. The van der Waals surface area contributed by atoms with Crippen LogP contribution in [-0.4, -0.2) is 47.5 Å². The second-order valence-electron chi connectivity index (χ2n) is 8.43. The molecule has 1 heterocycles. The zero-order valence-electron chi connectivity index (χ0n) is 19.5. The first-order valence-corrected chi connectivity index (χ1v) is 11.0. The SMILES string of the molecule is C[C@@H](O[C@@H]1O[C@H](CO)[C@@H](O)[C@H](N=[N+]=[N-])[C@H]1OCc1ccc(F)cc1)c1cc(C(F)(F)F)cc(C(F)(F)F)c1. The van der Waals surface area contributed by atoms with Crippen LogP contribution in [0.1, 0.15) is 35.3 Å². The Bertz CT molecular complexity index is 1110. The highest BCUT2D eigenvalue weighted by atomic mass is 19.4. The number of halogens is 7. The number of aliphatic hydroxyl groups is 2. The molecule has 0 aromatic heterocycles. The van der Waals surface area contributed by atoms with Crippen molar-refractivity contribution in [3.05, 3.63) is 81.0 Å². The lowest BCUT2D eigenvalue weighted by Gasteiger charge is -2.43. The third-order valence-corrected chi connectivity index (χ3v) is 5.78. The smallest absolute Gasteiger partial charge is 0.394 e.